The van der Waals surface area contributed by atoms with Crippen LogP contribution in [0.4, 0.5) is 0 Å². The summed E-state index contributed by atoms with van der Waals surface area (Å²) in [5, 5.41) is 43.8. The Kier molecular flexibility index (Phi) is 9.52. The fourth-order valence-electron chi connectivity index (χ4n) is 7.49. The molecule has 5 N–H and O–H groups in total. The Morgan fingerprint density at radius 2 is 1.45 bits per heavy atom. The number of amidine groups is 1. The van der Waals surface area contributed by atoms with Crippen LogP contribution in [-0.4, -0.2) is 125 Å². The Morgan fingerprint density at radius 1 is 0.868 bits per heavy atom. The number of aliphatic hydroxyl groups is 4. The minimum atomic E-state index is -1.45. The van der Waals surface area contributed by atoms with Crippen LogP contribution in [0.1, 0.15) is 38.5 Å². The van der Waals surface area contributed by atoms with Crippen molar-refractivity contribution in [1.82, 2.24) is 10.2 Å². The maximum Gasteiger partial charge on any atom is 0.226 e. The number of piperidine rings is 1. The van der Waals surface area contributed by atoms with E-state index in [1.165, 1.54) is 35.9 Å². The highest BCUT2D eigenvalue weighted by atomic mass is 32.2. The Bertz CT molecular complexity index is 812. The normalized spacial score (nSPS) is 40.6. The Hall–Kier alpha value is -0.990. The Morgan fingerprint density at radius 3 is 2.08 bits per heavy atom. The van der Waals surface area contributed by atoms with Crippen LogP contribution in [0.15, 0.2) is 4.99 Å². The average Bonchev–Trinajstić information content (AvgIpc) is 3.32. The lowest BCUT2D eigenvalue weighted by Crippen LogP contribution is -2.65. The first-order valence-electron chi connectivity index (χ1n) is 14.1. The van der Waals surface area contributed by atoms with Gasteiger partial charge in [0, 0.05) is 17.7 Å². The minimum absolute atomic E-state index is 0.106. The quantitative estimate of drug-likeness (QED) is 0.188. The van der Waals surface area contributed by atoms with Crippen molar-refractivity contribution in [2.45, 2.75) is 69.1 Å². The zero-order valence-electron chi connectivity index (χ0n) is 21.9. The molecule has 6 aliphatic rings. The molecule has 4 bridgehead atoms. The molecular formula is C26H43N3O8S. The zero-order valence-corrected chi connectivity index (χ0v) is 22.8. The maximum absolute atomic E-state index is 12.9. The second-order valence-electron chi connectivity index (χ2n) is 11.6. The number of hydrogen-bond acceptors (Lipinski definition) is 10. The summed E-state index contributed by atoms with van der Waals surface area (Å²) in [6, 6.07) is -0.485. The van der Waals surface area contributed by atoms with Crippen molar-refractivity contribution >= 4 is 22.8 Å². The molecule has 0 aromatic carbocycles. The van der Waals surface area contributed by atoms with Gasteiger partial charge in [0.25, 0.3) is 0 Å². The lowest BCUT2D eigenvalue weighted by molar-refractivity contribution is -0.190. The minimum Gasteiger partial charge on any atom is -0.388 e. The van der Waals surface area contributed by atoms with E-state index >= 15 is 0 Å². The third-order valence-electron chi connectivity index (χ3n) is 8.92. The van der Waals surface area contributed by atoms with Gasteiger partial charge in [-0.25, -0.2) is 0 Å². The largest absolute Gasteiger partial charge is 0.388 e. The van der Waals surface area contributed by atoms with Gasteiger partial charge in [-0.05, 0) is 56.3 Å². The number of aliphatic hydroxyl groups excluding tert-OH is 4. The van der Waals surface area contributed by atoms with E-state index in [-0.39, 0.29) is 11.3 Å². The van der Waals surface area contributed by atoms with E-state index in [1.807, 2.05) is 0 Å². The molecule has 0 unspecified atom stereocenters. The molecule has 5 atom stereocenters. The lowest BCUT2D eigenvalue weighted by Gasteiger charge is -2.55. The van der Waals surface area contributed by atoms with Crippen LogP contribution in [0, 0.1) is 23.2 Å². The number of aliphatic imine (C=N–C) groups is 1. The van der Waals surface area contributed by atoms with Gasteiger partial charge in [0.1, 0.15) is 18.3 Å². The summed E-state index contributed by atoms with van der Waals surface area (Å²) in [7, 11) is 0. The van der Waals surface area contributed by atoms with Crippen LogP contribution in [0.5, 0.6) is 0 Å². The predicted octanol–water partition coefficient (Wildman–Crippen LogP) is -0.443. The van der Waals surface area contributed by atoms with Gasteiger partial charge in [-0.1, -0.05) is 11.8 Å². The second-order valence-corrected chi connectivity index (χ2v) is 12.6. The van der Waals surface area contributed by atoms with Crippen LogP contribution in [0.25, 0.3) is 0 Å². The van der Waals surface area contributed by atoms with Crippen molar-refractivity contribution in [3.8, 4) is 0 Å². The molecule has 2 heterocycles. The number of fused-ring (bicyclic) bond motifs is 1. The SMILES string of the molecule is O=C(NCCOCCOCCOCC/N=C1/SC[C@@H]2[C@@H](O)[C@H](O)[C@@H](O)[C@@H](O)N12)C12CC3CC(CC(C3)C1)C2. The maximum atomic E-state index is 12.9. The van der Waals surface area contributed by atoms with Crippen molar-refractivity contribution < 1.29 is 39.4 Å². The van der Waals surface area contributed by atoms with E-state index in [0.29, 0.717) is 63.7 Å². The molecular weight excluding hydrogens is 514 g/mol. The summed E-state index contributed by atoms with van der Waals surface area (Å²) in [6.45, 7) is 3.52. The fraction of sp³-hybridized carbons (Fsp3) is 0.923. The van der Waals surface area contributed by atoms with Crippen molar-refractivity contribution in [1.29, 1.82) is 0 Å². The van der Waals surface area contributed by atoms with Gasteiger partial charge in [0.05, 0.1) is 52.2 Å². The molecule has 12 heteroatoms. The van der Waals surface area contributed by atoms with Gasteiger partial charge in [0.15, 0.2) is 11.4 Å². The molecule has 0 aromatic heterocycles. The molecule has 0 radical (unpaired) electrons. The summed E-state index contributed by atoms with van der Waals surface area (Å²) in [5.41, 5.74) is -0.106. The zero-order chi connectivity index (χ0) is 26.7. The molecule has 6 fully saturated rings. The average molecular weight is 558 g/mol. The van der Waals surface area contributed by atoms with Gasteiger partial charge in [-0.3, -0.25) is 9.79 Å². The molecule has 6 rings (SSSR count). The number of hydrogen-bond donors (Lipinski definition) is 5. The van der Waals surface area contributed by atoms with Crippen LogP contribution in [-0.2, 0) is 19.0 Å². The van der Waals surface area contributed by atoms with E-state index in [2.05, 4.69) is 10.3 Å². The van der Waals surface area contributed by atoms with E-state index in [0.717, 1.165) is 37.0 Å². The standard InChI is InChI=1S/C26H43N3O8S/c30-20-19-15-38-25(29(19)23(33)22(32)21(20)31)28-2-4-36-6-8-37-7-5-35-3-1-27-24(34)26-12-16-9-17(13-26)11-18(10-16)14-26/h16-23,30-33H,1-15H2,(H,27,34)/b28-25+/t16?,17?,18?,19-,20-,21+,22-,23-,26?/m1/s1. The molecule has 2 saturated heterocycles. The molecule has 2 aliphatic heterocycles. The lowest BCUT2D eigenvalue weighted by atomic mass is 9.49. The number of nitrogens with one attached hydrogen (secondary N) is 1. The van der Waals surface area contributed by atoms with Crippen molar-refractivity contribution in [3.63, 3.8) is 0 Å². The molecule has 4 aliphatic carbocycles. The van der Waals surface area contributed by atoms with Crippen LogP contribution in [0.2, 0.25) is 0 Å². The van der Waals surface area contributed by atoms with Gasteiger partial charge < -0.3 is 44.9 Å². The first kappa shape index (κ1) is 28.5. The monoisotopic (exact) mass is 557 g/mol. The number of amides is 1. The number of carbonyl (C=O) groups excluding carboxylic acids is 1. The summed E-state index contributed by atoms with van der Waals surface area (Å²) < 4.78 is 16.7. The number of thioether (sulfide) groups is 1. The molecule has 0 aromatic rings. The van der Waals surface area contributed by atoms with Crippen molar-refractivity contribution in [3.05, 3.63) is 0 Å². The van der Waals surface area contributed by atoms with E-state index in [1.54, 1.807) is 0 Å². The van der Waals surface area contributed by atoms with Crippen molar-refractivity contribution in [2.75, 3.05) is 58.5 Å². The molecule has 216 valence electrons. The molecule has 0 spiro atoms. The van der Waals surface area contributed by atoms with Crippen LogP contribution in [0.3, 0.4) is 0 Å². The highest BCUT2D eigenvalue weighted by Gasteiger charge is 2.54. The third-order valence-corrected chi connectivity index (χ3v) is 10.0. The smallest absolute Gasteiger partial charge is 0.226 e. The summed E-state index contributed by atoms with van der Waals surface area (Å²) in [4.78, 5) is 18.8. The molecule has 11 nitrogen and oxygen atoms in total. The highest BCUT2D eigenvalue weighted by molar-refractivity contribution is 8.14. The first-order valence-corrected chi connectivity index (χ1v) is 15.1. The number of carbonyl (C=O) groups is 1. The summed E-state index contributed by atoms with van der Waals surface area (Å²) in [5.74, 6) is 3.01. The Labute approximate surface area is 228 Å². The van der Waals surface area contributed by atoms with Gasteiger partial charge in [-0.2, -0.15) is 0 Å². The number of nitrogens with zero attached hydrogens (tertiary/aromatic N) is 2. The fourth-order valence-corrected chi connectivity index (χ4v) is 8.74. The van der Waals surface area contributed by atoms with E-state index in [4.69, 9.17) is 14.2 Å². The van der Waals surface area contributed by atoms with Gasteiger partial charge in [-0.15, -0.1) is 0 Å². The van der Waals surface area contributed by atoms with E-state index in [9.17, 15) is 25.2 Å². The predicted molar refractivity (Wildman–Crippen MR) is 140 cm³/mol. The topological polar surface area (TPSA) is 153 Å². The summed E-state index contributed by atoms with van der Waals surface area (Å²) >= 11 is 1.37. The molecule has 1 amide bonds. The number of ether oxygens (including phenoxy) is 3. The summed E-state index contributed by atoms with van der Waals surface area (Å²) in [6.07, 6.45) is 1.97. The van der Waals surface area contributed by atoms with E-state index < -0.39 is 30.6 Å². The Balaban J connectivity index is 0.864. The molecule has 38 heavy (non-hydrogen) atoms. The van der Waals surface area contributed by atoms with Crippen LogP contribution < -0.4 is 5.32 Å². The van der Waals surface area contributed by atoms with Crippen molar-refractivity contribution in [2.24, 2.45) is 28.2 Å². The highest BCUT2D eigenvalue weighted by Crippen LogP contribution is 2.60. The second kappa shape index (κ2) is 12.7. The van der Waals surface area contributed by atoms with Gasteiger partial charge >= 0.3 is 0 Å². The van der Waals surface area contributed by atoms with Crippen LogP contribution >= 0.6 is 11.8 Å². The van der Waals surface area contributed by atoms with Gasteiger partial charge in [0.2, 0.25) is 5.91 Å². The molecule has 4 saturated carbocycles. The number of rotatable bonds is 13. The third kappa shape index (κ3) is 6.17. The first-order chi connectivity index (χ1) is 18.4.